The van der Waals surface area contributed by atoms with Crippen molar-refractivity contribution >= 4 is 16.9 Å². The highest BCUT2D eigenvalue weighted by molar-refractivity contribution is 5.83. The highest BCUT2D eigenvalue weighted by atomic mass is 19.1. The molecule has 1 amide bonds. The number of benzene rings is 1. The van der Waals surface area contributed by atoms with Gasteiger partial charge in [0.25, 0.3) is 5.56 Å². The zero-order valence-corrected chi connectivity index (χ0v) is 16.7. The van der Waals surface area contributed by atoms with Crippen LogP contribution in [0.1, 0.15) is 35.7 Å². The van der Waals surface area contributed by atoms with Crippen molar-refractivity contribution < 1.29 is 9.18 Å². The highest BCUT2D eigenvalue weighted by Gasteiger charge is 2.18. The summed E-state index contributed by atoms with van der Waals surface area (Å²) in [4.78, 5) is 29.8. The predicted molar refractivity (Wildman–Crippen MR) is 107 cm³/mol. The number of aromatic nitrogens is 3. The Labute approximate surface area is 163 Å². The molecule has 148 valence electrons. The number of carbonyl (C=O) groups excluding carboxylic acids is 1. The van der Waals surface area contributed by atoms with Gasteiger partial charge in [0.1, 0.15) is 11.5 Å². The monoisotopic (exact) mass is 384 g/mol. The molecule has 1 N–H and O–H groups in total. The normalized spacial score (nSPS) is 11.2. The maximum absolute atomic E-state index is 13.4. The van der Waals surface area contributed by atoms with E-state index in [1.807, 2.05) is 20.8 Å². The SMILES string of the molecule is CCN(Cc1cccc(F)c1)C(=O)CCc1c(C)c2c(C)nn(C)c2[nH]c1=O. The van der Waals surface area contributed by atoms with Crippen LogP contribution in [0.5, 0.6) is 0 Å². The molecule has 0 saturated heterocycles. The van der Waals surface area contributed by atoms with Crippen LogP contribution in [0.15, 0.2) is 29.1 Å². The van der Waals surface area contributed by atoms with Gasteiger partial charge in [-0.3, -0.25) is 14.3 Å². The summed E-state index contributed by atoms with van der Waals surface area (Å²) in [7, 11) is 1.79. The second-order valence-corrected chi connectivity index (χ2v) is 7.03. The van der Waals surface area contributed by atoms with Crippen molar-refractivity contribution in [3.8, 4) is 0 Å². The van der Waals surface area contributed by atoms with Gasteiger partial charge in [0.05, 0.1) is 5.69 Å². The van der Waals surface area contributed by atoms with Crippen molar-refractivity contribution in [2.45, 2.75) is 40.2 Å². The lowest BCUT2D eigenvalue weighted by atomic mass is 10.0. The standard InChI is InChI=1S/C21H25FN4O2/c1-5-26(12-15-7-6-8-16(22)11-15)18(27)10-9-17-13(2)19-14(3)24-25(4)20(19)23-21(17)28/h6-8,11H,5,9-10,12H2,1-4H3,(H,23,28). The third-order valence-corrected chi connectivity index (χ3v) is 5.14. The maximum atomic E-state index is 13.4. The third kappa shape index (κ3) is 3.83. The molecule has 6 nitrogen and oxygen atoms in total. The maximum Gasteiger partial charge on any atom is 0.253 e. The average Bonchev–Trinajstić information content (AvgIpc) is 2.93. The molecule has 7 heteroatoms. The molecule has 0 aliphatic heterocycles. The Hall–Kier alpha value is -2.96. The molecule has 0 bridgehead atoms. The molecule has 3 aromatic rings. The Morgan fingerprint density at radius 3 is 2.75 bits per heavy atom. The van der Waals surface area contributed by atoms with E-state index in [0.29, 0.717) is 30.7 Å². The van der Waals surface area contributed by atoms with Crippen molar-refractivity contribution in [3.05, 3.63) is 62.8 Å². The number of nitrogens with one attached hydrogen (secondary N) is 1. The van der Waals surface area contributed by atoms with Crippen LogP contribution in [0.3, 0.4) is 0 Å². The van der Waals surface area contributed by atoms with Gasteiger partial charge in [-0.2, -0.15) is 5.10 Å². The van der Waals surface area contributed by atoms with E-state index < -0.39 is 0 Å². The van der Waals surface area contributed by atoms with Crippen molar-refractivity contribution in [1.29, 1.82) is 0 Å². The molecule has 1 aromatic carbocycles. The van der Waals surface area contributed by atoms with E-state index >= 15 is 0 Å². The summed E-state index contributed by atoms with van der Waals surface area (Å²) in [6, 6.07) is 6.25. The number of aryl methyl sites for hydroxylation is 3. The molecule has 28 heavy (non-hydrogen) atoms. The molecule has 3 rings (SSSR count). The Bertz CT molecular complexity index is 1080. The first-order valence-electron chi connectivity index (χ1n) is 9.39. The van der Waals surface area contributed by atoms with Gasteiger partial charge < -0.3 is 9.88 Å². The molecule has 0 saturated carbocycles. The number of amides is 1. The van der Waals surface area contributed by atoms with Crippen molar-refractivity contribution in [2.24, 2.45) is 7.05 Å². The van der Waals surface area contributed by atoms with Crippen LogP contribution in [-0.4, -0.2) is 32.1 Å². The minimum atomic E-state index is -0.316. The molecule has 0 unspecified atom stereocenters. The van der Waals surface area contributed by atoms with Gasteiger partial charge in [-0.15, -0.1) is 0 Å². The lowest BCUT2D eigenvalue weighted by Crippen LogP contribution is -2.31. The minimum absolute atomic E-state index is 0.0615. The summed E-state index contributed by atoms with van der Waals surface area (Å²) in [6.45, 7) is 6.56. The van der Waals surface area contributed by atoms with E-state index in [2.05, 4.69) is 10.1 Å². The van der Waals surface area contributed by atoms with Crippen molar-refractivity contribution in [2.75, 3.05) is 6.54 Å². The molecular weight excluding hydrogens is 359 g/mol. The number of aromatic amines is 1. The number of rotatable bonds is 6. The number of H-pyrrole nitrogens is 1. The number of carbonyl (C=O) groups is 1. The summed E-state index contributed by atoms with van der Waals surface area (Å²) in [6.07, 6.45) is 0.571. The van der Waals surface area contributed by atoms with E-state index in [-0.39, 0.29) is 23.7 Å². The van der Waals surface area contributed by atoms with Crippen LogP contribution in [0.4, 0.5) is 4.39 Å². The van der Waals surface area contributed by atoms with E-state index in [4.69, 9.17) is 0 Å². The van der Waals surface area contributed by atoms with Crippen LogP contribution in [0.25, 0.3) is 11.0 Å². The summed E-state index contributed by atoms with van der Waals surface area (Å²) in [5.41, 5.74) is 3.58. The fourth-order valence-electron chi connectivity index (χ4n) is 3.68. The second-order valence-electron chi connectivity index (χ2n) is 7.03. The molecule has 0 atom stereocenters. The molecule has 2 aromatic heterocycles. The molecule has 0 fully saturated rings. The quantitative estimate of drug-likeness (QED) is 0.710. The van der Waals surface area contributed by atoms with E-state index in [0.717, 1.165) is 22.2 Å². The lowest BCUT2D eigenvalue weighted by Gasteiger charge is -2.21. The van der Waals surface area contributed by atoms with Gasteiger partial charge in [0.15, 0.2) is 0 Å². The average molecular weight is 384 g/mol. The van der Waals surface area contributed by atoms with Crippen LogP contribution in [0.2, 0.25) is 0 Å². The van der Waals surface area contributed by atoms with E-state index in [9.17, 15) is 14.0 Å². The highest BCUT2D eigenvalue weighted by Crippen LogP contribution is 2.21. The van der Waals surface area contributed by atoms with Crippen LogP contribution >= 0.6 is 0 Å². The molecule has 2 heterocycles. The Morgan fingerprint density at radius 1 is 1.32 bits per heavy atom. The predicted octanol–water partition coefficient (Wildman–Crippen LogP) is 3.00. The fraction of sp³-hybridized carbons (Fsp3) is 0.381. The third-order valence-electron chi connectivity index (χ3n) is 5.14. The van der Waals surface area contributed by atoms with Gasteiger partial charge in [-0.1, -0.05) is 12.1 Å². The Kier molecular flexibility index (Phi) is 5.63. The lowest BCUT2D eigenvalue weighted by molar-refractivity contribution is -0.131. The number of hydrogen-bond acceptors (Lipinski definition) is 3. The number of pyridine rings is 1. The first kappa shape index (κ1) is 19.8. The van der Waals surface area contributed by atoms with Crippen LogP contribution < -0.4 is 5.56 Å². The number of hydrogen-bond donors (Lipinski definition) is 1. The van der Waals surface area contributed by atoms with Crippen molar-refractivity contribution in [1.82, 2.24) is 19.7 Å². The van der Waals surface area contributed by atoms with Gasteiger partial charge >= 0.3 is 0 Å². The number of nitrogens with zero attached hydrogens (tertiary/aromatic N) is 3. The van der Waals surface area contributed by atoms with Gasteiger partial charge in [-0.25, -0.2) is 4.39 Å². The molecular formula is C21H25FN4O2. The summed E-state index contributed by atoms with van der Waals surface area (Å²) < 4.78 is 15.1. The minimum Gasteiger partial charge on any atom is -0.339 e. The number of fused-ring (bicyclic) bond motifs is 1. The summed E-state index contributed by atoms with van der Waals surface area (Å²) in [5, 5.41) is 5.29. The Morgan fingerprint density at radius 2 is 2.07 bits per heavy atom. The molecule has 0 spiro atoms. The van der Waals surface area contributed by atoms with Gasteiger partial charge in [-0.05, 0) is 50.5 Å². The topological polar surface area (TPSA) is 71.0 Å². The molecule has 0 aliphatic carbocycles. The largest absolute Gasteiger partial charge is 0.339 e. The smallest absolute Gasteiger partial charge is 0.253 e. The summed E-state index contributed by atoms with van der Waals surface area (Å²) >= 11 is 0. The molecule has 0 aliphatic rings. The summed E-state index contributed by atoms with van der Waals surface area (Å²) in [5.74, 6) is -0.378. The number of halogens is 1. The van der Waals surface area contributed by atoms with Crippen LogP contribution in [0, 0.1) is 19.7 Å². The zero-order chi connectivity index (χ0) is 20.4. The van der Waals surface area contributed by atoms with Gasteiger partial charge in [0.2, 0.25) is 5.91 Å². The van der Waals surface area contributed by atoms with Gasteiger partial charge in [0, 0.05) is 37.5 Å². The Balaban J connectivity index is 1.78. The van der Waals surface area contributed by atoms with Crippen LogP contribution in [-0.2, 0) is 24.8 Å². The molecule has 0 radical (unpaired) electrons. The van der Waals surface area contributed by atoms with E-state index in [1.165, 1.54) is 12.1 Å². The first-order chi connectivity index (χ1) is 13.3. The fourth-order valence-corrected chi connectivity index (χ4v) is 3.68. The van der Waals surface area contributed by atoms with E-state index in [1.54, 1.807) is 28.8 Å². The van der Waals surface area contributed by atoms with Crippen molar-refractivity contribution in [3.63, 3.8) is 0 Å². The second kappa shape index (κ2) is 7.96. The zero-order valence-electron chi connectivity index (χ0n) is 16.7. The first-order valence-corrected chi connectivity index (χ1v) is 9.39.